The molecule has 2 bridgehead atoms. The first kappa shape index (κ1) is 22.1. The van der Waals surface area contributed by atoms with Crippen LogP contribution in [0.15, 0.2) is 12.2 Å². The van der Waals surface area contributed by atoms with Crippen LogP contribution in [0.4, 0.5) is 0 Å². The van der Waals surface area contributed by atoms with Crippen LogP contribution >= 0.6 is 11.8 Å². The average Bonchev–Trinajstić information content (AvgIpc) is 2.57. The Morgan fingerprint density at radius 3 is 2.50 bits per heavy atom. The molecular formula is C18H29NO5S2. The van der Waals surface area contributed by atoms with Crippen LogP contribution in [0, 0.1) is 18.3 Å². The van der Waals surface area contributed by atoms with Gasteiger partial charge in [-0.3, -0.25) is 0 Å². The molecule has 0 aromatic heterocycles. The molecule has 4 N–H and O–H groups in total. The molecule has 2 aliphatic rings. The first-order valence-corrected chi connectivity index (χ1v) is 10.8. The topological polar surface area (TPSA) is 105 Å². The van der Waals surface area contributed by atoms with E-state index in [1.165, 1.54) is 11.8 Å². The Balaban J connectivity index is 2.36. The fraction of sp³-hybridized carbons (Fsp3) is 0.778. The Morgan fingerprint density at radius 1 is 1.27 bits per heavy atom. The summed E-state index contributed by atoms with van der Waals surface area (Å²) in [7, 11) is 0. The molecule has 0 aromatic rings. The highest BCUT2D eigenvalue weighted by atomic mass is 32.2. The molecule has 8 heteroatoms. The zero-order valence-corrected chi connectivity index (χ0v) is 17.2. The van der Waals surface area contributed by atoms with E-state index in [0.29, 0.717) is 6.42 Å². The molecule has 0 amide bonds. The summed E-state index contributed by atoms with van der Waals surface area (Å²) in [6.07, 6.45) is 5.30. The van der Waals surface area contributed by atoms with Crippen molar-refractivity contribution in [1.29, 1.82) is 0 Å². The van der Waals surface area contributed by atoms with Crippen molar-refractivity contribution in [2.24, 2.45) is 5.92 Å². The van der Waals surface area contributed by atoms with Crippen molar-refractivity contribution in [3.63, 3.8) is 0 Å². The van der Waals surface area contributed by atoms with Gasteiger partial charge in [0.05, 0.1) is 11.3 Å². The van der Waals surface area contributed by atoms with Crippen molar-refractivity contribution in [2.75, 3.05) is 0 Å². The van der Waals surface area contributed by atoms with Crippen molar-refractivity contribution in [1.82, 2.24) is 4.72 Å². The maximum absolute atomic E-state index is 12.6. The number of terminal acetylenes is 1. The predicted octanol–water partition coefficient (Wildman–Crippen LogP) is 0.545. The van der Waals surface area contributed by atoms with Gasteiger partial charge in [-0.25, -0.2) is 0 Å². The van der Waals surface area contributed by atoms with Crippen molar-refractivity contribution in [3.05, 3.63) is 12.2 Å². The Labute approximate surface area is 163 Å². The van der Waals surface area contributed by atoms with Crippen LogP contribution in [0.3, 0.4) is 0 Å². The first-order valence-electron chi connectivity index (χ1n) is 8.72. The monoisotopic (exact) mass is 403 g/mol. The van der Waals surface area contributed by atoms with E-state index < -0.39 is 52.0 Å². The summed E-state index contributed by atoms with van der Waals surface area (Å²) in [6, 6.07) is -0.506. The zero-order valence-electron chi connectivity index (χ0n) is 15.5. The van der Waals surface area contributed by atoms with E-state index in [1.54, 1.807) is 0 Å². The maximum atomic E-state index is 12.6. The smallest absolute Gasteiger partial charge is 0.136 e. The van der Waals surface area contributed by atoms with E-state index in [9.17, 15) is 19.9 Å². The number of aliphatic hydroxyl groups excluding tert-OH is 3. The summed E-state index contributed by atoms with van der Waals surface area (Å²) >= 11 is -0.140. The van der Waals surface area contributed by atoms with Gasteiger partial charge in [0.15, 0.2) is 0 Å². The Bertz CT molecular complexity index is 547. The number of hydrogen-bond donors (Lipinski definition) is 4. The van der Waals surface area contributed by atoms with Crippen molar-refractivity contribution in [2.45, 2.75) is 80.0 Å². The van der Waals surface area contributed by atoms with Gasteiger partial charge in [-0.2, -0.15) is 0 Å². The molecule has 148 valence electrons. The number of fused-ring (bicyclic) bond motifs is 2. The number of hydrogen-bond acceptors (Lipinski definition) is 7. The van der Waals surface area contributed by atoms with E-state index in [-0.39, 0.29) is 11.2 Å². The van der Waals surface area contributed by atoms with Crippen LogP contribution in [-0.4, -0.2) is 65.8 Å². The highest BCUT2D eigenvalue weighted by Crippen LogP contribution is 2.36. The molecule has 0 saturated carbocycles. The van der Waals surface area contributed by atoms with Gasteiger partial charge in [-0.15, -0.1) is 22.9 Å². The second kappa shape index (κ2) is 8.84. The number of aliphatic hydroxyl groups is 3. The molecule has 0 unspecified atom stereocenters. The minimum Gasteiger partial charge on any atom is -0.598 e. The van der Waals surface area contributed by atoms with Crippen LogP contribution in [0.25, 0.3) is 0 Å². The Hall–Kier alpha value is -0.240. The van der Waals surface area contributed by atoms with Crippen LogP contribution < -0.4 is 4.72 Å². The summed E-state index contributed by atoms with van der Waals surface area (Å²) in [5.74, 6) is 2.53. The van der Waals surface area contributed by atoms with Gasteiger partial charge in [0.1, 0.15) is 34.6 Å². The lowest BCUT2D eigenvalue weighted by molar-refractivity contribution is -0.205. The minimum atomic E-state index is -1.39. The standard InChI is InChI=1S/C18H29NO5S2/c1-6-11-9-7-8-10(2)12(19-26(23)18(3,4)5)16-14(21)13(20)15(22)17(24-16)25-11/h1,7-8,10-17,19-22H,9H2,2-5H3/b8-7-/t10-,11-,12-,13+,14-,15-,16-,17-,26-/m1/s1. The highest BCUT2D eigenvalue weighted by Gasteiger charge is 2.50. The van der Waals surface area contributed by atoms with Gasteiger partial charge in [0.25, 0.3) is 0 Å². The van der Waals surface area contributed by atoms with Crippen molar-refractivity contribution in [3.8, 4) is 12.3 Å². The molecule has 0 aliphatic carbocycles. The predicted molar refractivity (Wildman–Crippen MR) is 105 cm³/mol. The SMILES string of the molecule is C#C[C@@H]1C/C=C\[C@@H](C)[C@@H](N[S@+]([O-])C(C)(C)C)[C@H]2O[C@H](S1)[C@H](O)[C@@H](O)[C@H]2O. The highest BCUT2D eigenvalue weighted by molar-refractivity contribution is 8.00. The molecule has 0 spiro atoms. The molecule has 0 radical (unpaired) electrons. The number of rotatable bonds is 2. The summed E-state index contributed by atoms with van der Waals surface area (Å²) in [5.41, 5.74) is -0.773. The molecule has 9 atom stereocenters. The van der Waals surface area contributed by atoms with Crippen LogP contribution in [0.5, 0.6) is 0 Å². The summed E-state index contributed by atoms with van der Waals surface area (Å²) in [5, 5.41) is 30.9. The molecule has 6 nitrogen and oxygen atoms in total. The lowest BCUT2D eigenvalue weighted by Gasteiger charge is -2.45. The summed E-state index contributed by atoms with van der Waals surface area (Å²) in [6.45, 7) is 7.48. The maximum Gasteiger partial charge on any atom is 0.136 e. The second-order valence-electron chi connectivity index (χ2n) is 7.78. The van der Waals surface area contributed by atoms with Gasteiger partial charge in [-0.1, -0.05) is 25.0 Å². The fourth-order valence-corrected chi connectivity index (χ4v) is 5.01. The molecule has 2 rings (SSSR count). The molecule has 1 fully saturated rings. The van der Waals surface area contributed by atoms with Gasteiger partial charge in [0, 0.05) is 11.4 Å². The number of allylic oxidation sites excluding steroid dienone is 1. The Morgan fingerprint density at radius 2 is 1.92 bits per heavy atom. The third-order valence-corrected chi connectivity index (χ3v) is 7.51. The van der Waals surface area contributed by atoms with Crippen molar-refractivity contribution < 1.29 is 24.6 Å². The number of thioether (sulfide) groups is 1. The van der Waals surface area contributed by atoms with E-state index >= 15 is 0 Å². The summed E-state index contributed by atoms with van der Waals surface area (Å²) in [4.78, 5) is 0. The number of ether oxygens (including phenoxy) is 1. The third kappa shape index (κ3) is 4.97. The van der Waals surface area contributed by atoms with Crippen LogP contribution in [0.2, 0.25) is 0 Å². The number of nitrogens with one attached hydrogen (secondary N) is 1. The largest absolute Gasteiger partial charge is 0.598 e. The van der Waals surface area contributed by atoms with Crippen LogP contribution in [-0.2, 0) is 16.1 Å². The van der Waals surface area contributed by atoms with E-state index in [4.69, 9.17) is 11.2 Å². The van der Waals surface area contributed by atoms with Gasteiger partial charge < -0.3 is 24.6 Å². The molecule has 2 aliphatic heterocycles. The van der Waals surface area contributed by atoms with E-state index in [1.807, 2.05) is 39.8 Å². The van der Waals surface area contributed by atoms with Gasteiger partial charge in [0.2, 0.25) is 0 Å². The molecule has 26 heavy (non-hydrogen) atoms. The quantitative estimate of drug-likeness (QED) is 0.303. The van der Waals surface area contributed by atoms with Gasteiger partial charge >= 0.3 is 0 Å². The minimum absolute atomic E-state index is 0.134. The lowest BCUT2D eigenvalue weighted by atomic mass is 9.88. The lowest BCUT2D eigenvalue weighted by Crippen LogP contribution is -2.64. The van der Waals surface area contributed by atoms with E-state index in [0.717, 1.165) is 0 Å². The van der Waals surface area contributed by atoms with E-state index in [2.05, 4.69) is 10.6 Å². The van der Waals surface area contributed by atoms with Crippen LogP contribution in [0.1, 0.15) is 34.1 Å². The third-order valence-electron chi connectivity index (χ3n) is 4.60. The summed E-state index contributed by atoms with van der Waals surface area (Å²) < 4.78 is 21.2. The molecule has 0 aromatic carbocycles. The molecule has 1 saturated heterocycles. The normalized spacial score (nSPS) is 44.0. The molecule has 2 heterocycles. The fourth-order valence-electron chi connectivity index (χ4n) is 2.92. The van der Waals surface area contributed by atoms with Gasteiger partial charge in [-0.05, 0) is 33.1 Å². The molecular weight excluding hydrogens is 374 g/mol. The Kier molecular flexibility index (Phi) is 7.50. The average molecular weight is 404 g/mol. The second-order valence-corrected chi connectivity index (χ2v) is 11.1. The van der Waals surface area contributed by atoms with Crippen molar-refractivity contribution >= 4 is 23.1 Å². The first-order chi connectivity index (χ1) is 12.1. The zero-order chi connectivity index (χ0) is 19.6.